The molecule has 0 unspecified atom stereocenters. The van der Waals surface area contributed by atoms with Gasteiger partial charge in [-0.15, -0.1) is 10.2 Å². The maximum atomic E-state index is 9.25. The average molecular weight is 350 g/mol. The van der Waals surface area contributed by atoms with Crippen LogP contribution in [-0.2, 0) is 17.1 Å². The number of methoxy groups -OCH3 is 1. The molecule has 0 atom stereocenters. The third-order valence-corrected chi connectivity index (χ3v) is 4.80. The second-order valence-electron chi connectivity index (χ2n) is 5.51. The van der Waals surface area contributed by atoms with Crippen molar-refractivity contribution >= 4 is 11.8 Å². The van der Waals surface area contributed by atoms with Crippen LogP contribution in [0.1, 0.15) is 22.5 Å². The Bertz CT molecular complexity index is 914. The van der Waals surface area contributed by atoms with Gasteiger partial charge in [0, 0.05) is 12.9 Å². The van der Waals surface area contributed by atoms with Gasteiger partial charge in [-0.3, -0.25) is 4.57 Å². The molecule has 3 rings (SSSR count). The molecule has 25 heavy (non-hydrogen) atoms. The van der Waals surface area contributed by atoms with Crippen LogP contribution in [0.5, 0.6) is 0 Å². The number of hydrogen-bond donors (Lipinski definition) is 0. The predicted octanol–water partition coefficient (Wildman–Crippen LogP) is 3.89. The van der Waals surface area contributed by atoms with Crippen LogP contribution in [0.4, 0.5) is 0 Å². The minimum atomic E-state index is 0.386. The van der Waals surface area contributed by atoms with Crippen molar-refractivity contribution in [3.05, 3.63) is 71.0 Å². The second-order valence-corrected chi connectivity index (χ2v) is 6.45. The summed E-state index contributed by atoms with van der Waals surface area (Å²) >= 11 is 1.56. The number of rotatable bonds is 6. The van der Waals surface area contributed by atoms with Crippen molar-refractivity contribution in [2.45, 2.75) is 24.4 Å². The van der Waals surface area contributed by atoms with E-state index in [0.29, 0.717) is 17.9 Å². The Morgan fingerprint density at radius 3 is 2.64 bits per heavy atom. The summed E-state index contributed by atoms with van der Waals surface area (Å²) in [7, 11) is 1.65. The molecule has 1 heterocycles. The van der Waals surface area contributed by atoms with E-state index in [9.17, 15) is 5.26 Å². The van der Waals surface area contributed by atoms with Gasteiger partial charge in [-0.2, -0.15) is 5.26 Å². The fourth-order valence-electron chi connectivity index (χ4n) is 2.57. The first-order valence-corrected chi connectivity index (χ1v) is 8.83. The molecule has 0 saturated heterocycles. The molecule has 1 aromatic heterocycles. The number of nitriles is 1. The molecule has 6 heteroatoms. The molecular formula is C19H18N4OS. The smallest absolute Gasteiger partial charge is 0.196 e. The molecule has 0 saturated carbocycles. The number of para-hydroxylation sites is 1. The van der Waals surface area contributed by atoms with Gasteiger partial charge in [-0.1, -0.05) is 48.2 Å². The monoisotopic (exact) mass is 350 g/mol. The maximum absolute atomic E-state index is 9.25. The minimum absolute atomic E-state index is 0.386. The summed E-state index contributed by atoms with van der Waals surface area (Å²) in [5, 5.41) is 18.7. The predicted molar refractivity (Wildman–Crippen MR) is 97.5 cm³/mol. The van der Waals surface area contributed by atoms with Crippen LogP contribution in [0.15, 0.2) is 53.7 Å². The van der Waals surface area contributed by atoms with Crippen molar-refractivity contribution < 1.29 is 4.74 Å². The van der Waals surface area contributed by atoms with E-state index in [2.05, 4.69) is 29.3 Å². The molecule has 126 valence electrons. The van der Waals surface area contributed by atoms with Gasteiger partial charge in [0.05, 0.1) is 17.3 Å². The quantitative estimate of drug-likeness (QED) is 0.631. The van der Waals surface area contributed by atoms with Gasteiger partial charge < -0.3 is 4.74 Å². The molecule has 0 aliphatic heterocycles. The number of aryl methyl sites for hydroxylation is 1. The molecule has 5 nitrogen and oxygen atoms in total. The van der Waals surface area contributed by atoms with Crippen LogP contribution in [0.3, 0.4) is 0 Å². The molecule has 0 aliphatic carbocycles. The lowest BCUT2D eigenvalue weighted by Gasteiger charge is -2.12. The second kappa shape index (κ2) is 7.97. The molecule has 0 amide bonds. The Balaban J connectivity index is 1.95. The first-order chi connectivity index (χ1) is 12.2. The van der Waals surface area contributed by atoms with Gasteiger partial charge in [-0.25, -0.2) is 0 Å². The Morgan fingerprint density at radius 1 is 1.12 bits per heavy atom. The van der Waals surface area contributed by atoms with Crippen molar-refractivity contribution in [2.24, 2.45) is 0 Å². The maximum Gasteiger partial charge on any atom is 0.196 e. The summed E-state index contributed by atoms with van der Waals surface area (Å²) in [6.45, 7) is 2.45. The molecule has 0 radical (unpaired) electrons. The van der Waals surface area contributed by atoms with E-state index in [1.54, 1.807) is 18.9 Å². The summed E-state index contributed by atoms with van der Waals surface area (Å²) in [5.74, 6) is 1.41. The van der Waals surface area contributed by atoms with Gasteiger partial charge in [0.1, 0.15) is 6.61 Å². The largest absolute Gasteiger partial charge is 0.377 e. The van der Waals surface area contributed by atoms with Crippen molar-refractivity contribution in [1.29, 1.82) is 5.26 Å². The van der Waals surface area contributed by atoms with Crippen LogP contribution in [0.2, 0.25) is 0 Å². The van der Waals surface area contributed by atoms with Gasteiger partial charge in [-0.05, 0) is 30.2 Å². The number of ether oxygens (including phenoxy) is 1. The van der Waals surface area contributed by atoms with E-state index >= 15 is 0 Å². The van der Waals surface area contributed by atoms with Gasteiger partial charge in [0.2, 0.25) is 0 Å². The summed E-state index contributed by atoms with van der Waals surface area (Å²) in [6.07, 6.45) is 0. The Morgan fingerprint density at radius 2 is 1.88 bits per heavy atom. The van der Waals surface area contributed by atoms with Crippen molar-refractivity contribution in [3.8, 4) is 11.8 Å². The summed E-state index contributed by atoms with van der Waals surface area (Å²) < 4.78 is 7.29. The van der Waals surface area contributed by atoms with Crippen molar-refractivity contribution in [1.82, 2.24) is 14.8 Å². The Hall–Kier alpha value is -2.62. The van der Waals surface area contributed by atoms with Gasteiger partial charge in [0.25, 0.3) is 0 Å². The summed E-state index contributed by atoms with van der Waals surface area (Å²) in [5.41, 5.74) is 3.85. The third-order valence-electron chi connectivity index (χ3n) is 3.82. The zero-order valence-electron chi connectivity index (χ0n) is 14.1. The fourth-order valence-corrected chi connectivity index (χ4v) is 3.54. The van der Waals surface area contributed by atoms with E-state index < -0.39 is 0 Å². The summed E-state index contributed by atoms with van der Waals surface area (Å²) in [4.78, 5) is 0. The van der Waals surface area contributed by atoms with Crippen LogP contribution >= 0.6 is 11.8 Å². The molecular weight excluding hydrogens is 332 g/mol. The van der Waals surface area contributed by atoms with E-state index in [1.165, 1.54) is 0 Å². The summed E-state index contributed by atoms with van der Waals surface area (Å²) in [6, 6.07) is 18.0. The lowest BCUT2D eigenvalue weighted by molar-refractivity contribution is 0.176. The van der Waals surface area contributed by atoms with Crippen LogP contribution in [0, 0.1) is 18.3 Å². The zero-order valence-corrected chi connectivity index (χ0v) is 15.0. The van der Waals surface area contributed by atoms with Crippen molar-refractivity contribution in [2.75, 3.05) is 7.11 Å². The highest BCUT2D eigenvalue weighted by atomic mass is 32.2. The number of hydrogen-bond acceptors (Lipinski definition) is 5. The highest BCUT2D eigenvalue weighted by Crippen LogP contribution is 2.27. The van der Waals surface area contributed by atoms with Gasteiger partial charge in [0.15, 0.2) is 11.0 Å². The average Bonchev–Trinajstić information content (AvgIpc) is 3.03. The van der Waals surface area contributed by atoms with Crippen LogP contribution in [-0.4, -0.2) is 21.9 Å². The lowest BCUT2D eigenvalue weighted by atomic mass is 10.1. The van der Waals surface area contributed by atoms with E-state index in [4.69, 9.17) is 4.74 Å². The van der Waals surface area contributed by atoms with E-state index in [0.717, 1.165) is 27.8 Å². The standard InChI is InChI=1S/C19H18N4OS/c1-14-7-3-6-10-17(14)23-18(12-24-2)21-22-19(23)25-13-16-9-5-4-8-15(16)11-20/h3-10H,12-13H2,1-2H3. The molecule has 3 aromatic rings. The zero-order chi connectivity index (χ0) is 17.6. The molecule has 0 bridgehead atoms. The number of benzene rings is 2. The highest BCUT2D eigenvalue weighted by Gasteiger charge is 2.16. The van der Waals surface area contributed by atoms with Crippen LogP contribution < -0.4 is 0 Å². The van der Waals surface area contributed by atoms with Gasteiger partial charge >= 0.3 is 0 Å². The molecule has 0 aliphatic rings. The fraction of sp³-hybridized carbons (Fsp3) is 0.211. The first kappa shape index (κ1) is 17.2. The number of thioether (sulfide) groups is 1. The topological polar surface area (TPSA) is 63.7 Å². The van der Waals surface area contributed by atoms with E-state index in [-0.39, 0.29) is 0 Å². The normalized spacial score (nSPS) is 10.6. The Kier molecular flexibility index (Phi) is 5.49. The highest BCUT2D eigenvalue weighted by molar-refractivity contribution is 7.98. The molecule has 0 fully saturated rings. The number of nitrogens with zero attached hydrogens (tertiary/aromatic N) is 4. The van der Waals surface area contributed by atoms with Crippen molar-refractivity contribution in [3.63, 3.8) is 0 Å². The molecule has 0 spiro atoms. The SMILES string of the molecule is COCc1nnc(SCc2ccccc2C#N)n1-c1ccccc1C. The third kappa shape index (κ3) is 3.73. The van der Waals surface area contributed by atoms with Crippen LogP contribution in [0.25, 0.3) is 5.69 Å². The molecule has 0 N–H and O–H groups in total. The van der Waals surface area contributed by atoms with E-state index in [1.807, 2.05) is 47.0 Å². The molecule has 2 aromatic carbocycles. The number of aromatic nitrogens is 3. The first-order valence-electron chi connectivity index (χ1n) is 7.84. The lowest BCUT2D eigenvalue weighted by Crippen LogP contribution is -2.05. The Labute approximate surface area is 151 Å². The minimum Gasteiger partial charge on any atom is -0.377 e.